The maximum absolute atomic E-state index is 5.16. The normalized spacial score (nSPS) is 15.5. The van der Waals surface area contributed by atoms with E-state index >= 15 is 0 Å². The Morgan fingerprint density at radius 1 is 1.26 bits per heavy atom. The maximum atomic E-state index is 5.16. The highest BCUT2D eigenvalue weighted by Gasteiger charge is 2.21. The van der Waals surface area contributed by atoms with Crippen molar-refractivity contribution < 1.29 is 4.52 Å². The third-order valence-corrected chi connectivity index (χ3v) is 4.77. The van der Waals surface area contributed by atoms with E-state index in [1.165, 1.54) is 24.8 Å². The van der Waals surface area contributed by atoms with E-state index in [-0.39, 0.29) is 24.0 Å². The van der Waals surface area contributed by atoms with Crippen molar-refractivity contribution in [2.24, 2.45) is 10.9 Å². The van der Waals surface area contributed by atoms with Crippen LogP contribution in [0.3, 0.4) is 0 Å². The van der Waals surface area contributed by atoms with Gasteiger partial charge in [-0.3, -0.25) is 4.99 Å². The monoisotopic (exact) mass is 483 g/mol. The lowest BCUT2D eigenvalue weighted by molar-refractivity contribution is 0.259. The molecule has 1 fully saturated rings. The van der Waals surface area contributed by atoms with E-state index < -0.39 is 0 Å². The van der Waals surface area contributed by atoms with Crippen molar-refractivity contribution in [3.05, 3.63) is 47.6 Å². The number of likely N-dealkylation sites (tertiary alicyclic amines) is 1. The second-order valence-corrected chi connectivity index (χ2v) is 6.84. The van der Waals surface area contributed by atoms with Crippen molar-refractivity contribution in [2.75, 3.05) is 26.2 Å². The number of guanidine groups is 1. The van der Waals surface area contributed by atoms with Gasteiger partial charge in [-0.25, -0.2) is 0 Å². The smallest absolute Gasteiger partial charge is 0.228 e. The first-order chi connectivity index (χ1) is 12.7. The number of hydrogen-bond acceptors (Lipinski definition) is 4. The number of aliphatic imine (C=N–C) groups is 1. The van der Waals surface area contributed by atoms with Crippen molar-refractivity contribution in [2.45, 2.75) is 39.5 Å². The fourth-order valence-electron chi connectivity index (χ4n) is 3.42. The Bertz CT molecular complexity index is 695. The second kappa shape index (κ2) is 11.3. The van der Waals surface area contributed by atoms with Crippen molar-refractivity contribution >= 4 is 29.9 Å². The highest BCUT2D eigenvalue weighted by atomic mass is 127. The summed E-state index contributed by atoms with van der Waals surface area (Å²) in [6.07, 6.45) is 4.28. The molecule has 27 heavy (non-hydrogen) atoms. The number of nitrogens with one attached hydrogen (secondary N) is 1. The van der Waals surface area contributed by atoms with Gasteiger partial charge in [0.2, 0.25) is 5.89 Å². The van der Waals surface area contributed by atoms with Gasteiger partial charge in [0.25, 0.3) is 0 Å². The molecule has 0 saturated carbocycles. The molecule has 1 aliphatic heterocycles. The summed E-state index contributed by atoms with van der Waals surface area (Å²) >= 11 is 0. The van der Waals surface area contributed by atoms with E-state index in [0.29, 0.717) is 24.7 Å². The molecule has 0 spiro atoms. The minimum absolute atomic E-state index is 0. The van der Waals surface area contributed by atoms with Gasteiger partial charge in [-0.15, -0.1) is 24.0 Å². The van der Waals surface area contributed by atoms with E-state index in [4.69, 9.17) is 9.52 Å². The van der Waals surface area contributed by atoms with E-state index in [2.05, 4.69) is 57.6 Å². The summed E-state index contributed by atoms with van der Waals surface area (Å²) < 4.78 is 5.16. The van der Waals surface area contributed by atoms with Crippen LogP contribution in [0, 0.1) is 12.8 Å². The minimum atomic E-state index is 0. The number of halogens is 1. The first kappa shape index (κ1) is 21.7. The van der Waals surface area contributed by atoms with E-state index in [1.807, 2.05) is 6.92 Å². The number of benzene rings is 1. The standard InChI is InChI=1S/C20H29N5O.HI/c1-3-21-20(22-12-9-19-23-16(2)24-26-19)25-13-10-18(11-14-25)15-17-7-5-4-6-8-17;/h4-8,18H,3,9-15H2,1-2H3,(H,21,22);1H. The van der Waals surface area contributed by atoms with Gasteiger partial charge in [0.1, 0.15) is 0 Å². The van der Waals surface area contributed by atoms with Crippen LogP contribution < -0.4 is 5.32 Å². The quantitative estimate of drug-likeness (QED) is 0.388. The molecule has 0 aliphatic carbocycles. The molecule has 3 rings (SSSR count). The molecule has 1 aromatic heterocycles. The van der Waals surface area contributed by atoms with Crippen LogP contribution in [0.1, 0.15) is 37.0 Å². The van der Waals surface area contributed by atoms with Crippen molar-refractivity contribution in [1.82, 2.24) is 20.4 Å². The third-order valence-electron chi connectivity index (χ3n) is 4.77. The lowest BCUT2D eigenvalue weighted by Gasteiger charge is -2.34. The highest BCUT2D eigenvalue weighted by molar-refractivity contribution is 14.0. The Labute approximate surface area is 178 Å². The maximum Gasteiger partial charge on any atom is 0.228 e. The van der Waals surface area contributed by atoms with Crippen molar-refractivity contribution in [1.29, 1.82) is 0 Å². The second-order valence-electron chi connectivity index (χ2n) is 6.84. The summed E-state index contributed by atoms with van der Waals surface area (Å²) in [4.78, 5) is 11.4. The topological polar surface area (TPSA) is 66.5 Å². The molecular formula is C20H30IN5O. The molecular weight excluding hydrogens is 453 g/mol. The fourth-order valence-corrected chi connectivity index (χ4v) is 3.42. The number of piperidine rings is 1. The highest BCUT2D eigenvalue weighted by Crippen LogP contribution is 2.21. The average molecular weight is 483 g/mol. The number of hydrogen-bond donors (Lipinski definition) is 1. The summed E-state index contributed by atoms with van der Waals surface area (Å²) in [7, 11) is 0. The van der Waals surface area contributed by atoms with E-state index in [0.717, 1.165) is 31.5 Å². The van der Waals surface area contributed by atoms with Gasteiger partial charge in [0.05, 0.1) is 6.54 Å². The molecule has 0 radical (unpaired) electrons. The zero-order valence-corrected chi connectivity index (χ0v) is 18.6. The molecule has 2 heterocycles. The Kier molecular flexibility index (Phi) is 9.03. The van der Waals surface area contributed by atoms with E-state index in [1.54, 1.807) is 0 Å². The molecule has 1 N–H and O–H groups in total. The fraction of sp³-hybridized carbons (Fsp3) is 0.550. The molecule has 148 valence electrons. The van der Waals surface area contributed by atoms with Crippen LogP contribution in [0.2, 0.25) is 0 Å². The Morgan fingerprint density at radius 2 is 2.00 bits per heavy atom. The van der Waals surface area contributed by atoms with Gasteiger partial charge in [0.15, 0.2) is 11.8 Å². The average Bonchev–Trinajstić information content (AvgIpc) is 3.08. The third kappa shape index (κ3) is 6.79. The number of aryl methyl sites for hydroxylation is 1. The van der Waals surface area contributed by atoms with E-state index in [9.17, 15) is 0 Å². The zero-order chi connectivity index (χ0) is 18.2. The minimum Gasteiger partial charge on any atom is -0.357 e. The first-order valence-corrected chi connectivity index (χ1v) is 9.61. The molecule has 7 heteroatoms. The van der Waals surface area contributed by atoms with Crippen LogP contribution in [0.4, 0.5) is 0 Å². The largest absolute Gasteiger partial charge is 0.357 e. The molecule has 0 unspecified atom stereocenters. The molecule has 0 atom stereocenters. The summed E-state index contributed by atoms with van der Waals surface area (Å²) in [6, 6.07) is 10.8. The predicted octanol–water partition coefficient (Wildman–Crippen LogP) is 3.46. The Balaban J connectivity index is 0.00000261. The first-order valence-electron chi connectivity index (χ1n) is 9.61. The van der Waals surface area contributed by atoms with Gasteiger partial charge in [0, 0.05) is 26.1 Å². The molecule has 0 amide bonds. The van der Waals surface area contributed by atoms with Crippen LogP contribution in [0.15, 0.2) is 39.8 Å². The van der Waals surface area contributed by atoms with Gasteiger partial charge < -0.3 is 14.7 Å². The summed E-state index contributed by atoms with van der Waals surface area (Å²) in [5.74, 6) is 3.10. The van der Waals surface area contributed by atoms with Crippen LogP contribution in [-0.2, 0) is 12.8 Å². The lowest BCUT2D eigenvalue weighted by atomic mass is 9.90. The number of aromatic nitrogens is 2. The molecule has 1 aliphatic rings. The van der Waals surface area contributed by atoms with Crippen LogP contribution >= 0.6 is 24.0 Å². The molecule has 6 nitrogen and oxygen atoms in total. The van der Waals surface area contributed by atoms with Crippen LogP contribution in [-0.4, -0.2) is 47.2 Å². The zero-order valence-electron chi connectivity index (χ0n) is 16.2. The van der Waals surface area contributed by atoms with Crippen LogP contribution in [0.5, 0.6) is 0 Å². The molecule has 0 bridgehead atoms. The Morgan fingerprint density at radius 3 is 2.63 bits per heavy atom. The van der Waals surface area contributed by atoms with Crippen molar-refractivity contribution in [3.63, 3.8) is 0 Å². The number of rotatable bonds is 6. The van der Waals surface area contributed by atoms with Gasteiger partial charge in [-0.2, -0.15) is 4.98 Å². The molecule has 2 aromatic rings. The van der Waals surface area contributed by atoms with Crippen LogP contribution in [0.25, 0.3) is 0 Å². The van der Waals surface area contributed by atoms with Gasteiger partial charge >= 0.3 is 0 Å². The van der Waals surface area contributed by atoms with Gasteiger partial charge in [-0.1, -0.05) is 35.5 Å². The lowest BCUT2D eigenvalue weighted by Crippen LogP contribution is -2.46. The van der Waals surface area contributed by atoms with Gasteiger partial charge in [-0.05, 0) is 44.6 Å². The Hall–Kier alpha value is -1.64. The summed E-state index contributed by atoms with van der Waals surface area (Å²) in [5.41, 5.74) is 1.45. The molecule has 1 aromatic carbocycles. The summed E-state index contributed by atoms with van der Waals surface area (Å²) in [6.45, 7) is 7.60. The van der Waals surface area contributed by atoms with Crippen molar-refractivity contribution in [3.8, 4) is 0 Å². The summed E-state index contributed by atoms with van der Waals surface area (Å²) in [5, 5.41) is 7.24. The predicted molar refractivity (Wildman–Crippen MR) is 119 cm³/mol. The SMILES string of the molecule is CCNC(=NCCc1nc(C)no1)N1CCC(Cc2ccccc2)CC1.I. The number of nitrogens with zero attached hydrogens (tertiary/aromatic N) is 4. The molecule has 1 saturated heterocycles.